The number of ketones is 1. The van der Waals surface area contributed by atoms with Crippen molar-refractivity contribution in [1.29, 1.82) is 0 Å². The first kappa shape index (κ1) is 28.0. The van der Waals surface area contributed by atoms with Gasteiger partial charge in [-0.3, -0.25) is 9.78 Å². The number of aryl methyl sites for hydroxylation is 2. The molecule has 3 aromatic heterocycles. The van der Waals surface area contributed by atoms with E-state index in [0.717, 1.165) is 22.9 Å². The second-order valence-corrected chi connectivity index (χ2v) is 11.1. The lowest BCUT2D eigenvalue weighted by Gasteiger charge is -2.26. The lowest BCUT2D eigenvalue weighted by molar-refractivity contribution is -0.145. The van der Waals surface area contributed by atoms with Crippen molar-refractivity contribution < 1.29 is 30.8 Å². The van der Waals surface area contributed by atoms with Crippen molar-refractivity contribution in [3.05, 3.63) is 65.1 Å². The van der Waals surface area contributed by atoms with Gasteiger partial charge in [-0.2, -0.15) is 17.5 Å². The summed E-state index contributed by atoms with van der Waals surface area (Å²) in [6.45, 7) is 3.16. The maximum atomic E-state index is 14.7. The third kappa shape index (κ3) is 5.69. The smallest absolute Gasteiger partial charge is 0.298 e. The van der Waals surface area contributed by atoms with Crippen LogP contribution >= 0.6 is 11.6 Å². The lowest BCUT2D eigenvalue weighted by atomic mass is 9.99. The predicted molar refractivity (Wildman–Crippen MR) is 129 cm³/mol. The number of sulfonamides is 1. The van der Waals surface area contributed by atoms with E-state index >= 15 is 0 Å². The van der Waals surface area contributed by atoms with Gasteiger partial charge in [-0.05, 0) is 49.6 Å². The third-order valence-electron chi connectivity index (χ3n) is 6.38. The zero-order valence-electron chi connectivity index (χ0n) is 20.2. The molecular weight excluding hydrogens is 550 g/mol. The molecule has 8 nitrogen and oxygen atoms in total. The molecule has 0 bridgehead atoms. The highest BCUT2D eigenvalue weighted by Crippen LogP contribution is 2.34. The molecule has 1 fully saturated rings. The molecule has 4 heterocycles. The standard InChI is InChI=1S/C24H22ClF4N5O3S/c1-13-9-30-19(16-10-32-23(33-11-16)24(27,28)29)7-15(13)3-5-21(35)20-8-18(26)14(2)34(20)38(36,37)17-4-6-22(25)31-12-17/h4,6-7,9-12,14,18,20H,3,5,8H2,1-2H3/t14-,18+,20-/m0/s1. The highest BCUT2D eigenvalue weighted by Gasteiger charge is 2.48. The van der Waals surface area contributed by atoms with Crippen LogP contribution in [0, 0.1) is 6.92 Å². The third-order valence-corrected chi connectivity index (χ3v) is 8.59. The molecule has 0 aromatic carbocycles. The monoisotopic (exact) mass is 571 g/mol. The Hall–Kier alpha value is -3.03. The van der Waals surface area contributed by atoms with Crippen molar-refractivity contribution in [3.63, 3.8) is 0 Å². The van der Waals surface area contributed by atoms with Crippen LogP contribution in [0.4, 0.5) is 17.6 Å². The van der Waals surface area contributed by atoms with Gasteiger partial charge in [0.1, 0.15) is 16.2 Å². The number of Topliss-reactive ketones (excluding diaryl/α,β-unsaturated/α-hetero) is 1. The van der Waals surface area contributed by atoms with Crippen LogP contribution in [0.25, 0.3) is 11.3 Å². The molecule has 0 N–H and O–H groups in total. The summed E-state index contributed by atoms with van der Waals surface area (Å²) >= 11 is 5.75. The van der Waals surface area contributed by atoms with Crippen molar-refractivity contribution in [3.8, 4) is 11.3 Å². The Balaban J connectivity index is 1.53. The van der Waals surface area contributed by atoms with Crippen LogP contribution in [0.3, 0.4) is 0 Å². The molecule has 0 radical (unpaired) electrons. The fourth-order valence-electron chi connectivity index (χ4n) is 4.28. The first-order valence-corrected chi connectivity index (χ1v) is 13.3. The van der Waals surface area contributed by atoms with Crippen LogP contribution in [0.5, 0.6) is 0 Å². The minimum atomic E-state index is -4.67. The number of pyridine rings is 2. The molecule has 3 aromatic rings. The Morgan fingerprint density at radius 2 is 1.79 bits per heavy atom. The minimum absolute atomic E-state index is 0.0874. The molecule has 0 amide bonds. The molecule has 0 spiro atoms. The quantitative estimate of drug-likeness (QED) is 0.301. The summed E-state index contributed by atoms with van der Waals surface area (Å²) in [5.41, 5.74) is 1.95. The molecule has 1 aliphatic heterocycles. The molecular formula is C24H22ClF4N5O3S. The van der Waals surface area contributed by atoms with Crippen LogP contribution in [-0.2, 0) is 27.4 Å². The second kappa shape index (κ2) is 10.6. The Labute approximate surface area is 221 Å². The number of carbonyl (C=O) groups excluding carboxylic acids is 1. The van der Waals surface area contributed by atoms with Crippen molar-refractivity contribution in [2.75, 3.05) is 0 Å². The highest BCUT2D eigenvalue weighted by molar-refractivity contribution is 7.89. The van der Waals surface area contributed by atoms with Gasteiger partial charge in [-0.15, -0.1) is 0 Å². The molecule has 0 aliphatic carbocycles. The summed E-state index contributed by atoms with van der Waals surface area (Å²) in [5, 5.41) is 0.0874. The summed E-state index contributed by atoms with van der Waals surface area (Å²) < 4.78 is 80.4. The molecule has 0 unspecified atom stereocenters. The van der Waals surface area contributed by atoms with Crippen LogP contribution < -0.4 is 0 Å². The number of nitrogens with zero attached hydrogens (tertiary/aromatic N) is 5. The fraction of sp³-hybridized carbons (Fsp3) is 0.375. The summed E-state index contributed by atoms with van der Waals surface area (Å²) in [6.07, 6.45) is -1.81. The maximum Gasteiger partial charge on any atom is 0.451 e. The molecule has 202 valence electrons. The van der Waals surface area contributed by atoms with Gasteiger partial charge in [-0.25, -0.2) is 27.8 Å². The van der Waals surface area contributed by atoms with E-state index in [4.69, 9.17) is 11.6 Å². The van der Waals surface area contributed by atoms with E-state index in [9.17, 15) is 30.8 Å². The normalized spacial score (nSPS) is 20.6. The molecule has 1 saturated heterocycles. The topological polar surface area (TPSA) is 106 Å². The number of aromatic nitrogens is 4. The zero-order valence-corrected chi connectivity index (χ0v) is 21.7. The predicted octanol–water partition coefficient (Wildman–Crippen LogP) is 4.61. The van der Waals surface area contributed by atoms with E-state index in [2.05, 4.69) is 19.9 Å². The zero-order chi connectivity index (χ0) is 27.8. The summed E-state index contributed by atoms with van der Waals surface area (Å²) in [6, 6.07) is 1.89. The average molecular weight is 572 g/mol. The Morgan fingerprint density at radius 1 is 1.11 bits per heavy atom. The SMILES string of the molecule is Cc1cnc(-c2cnc(C(F)(F)F)nc2)cc1CCC(=O)[C@@H]1C[C@@H](F)[C@H](C)N1S(=O)(=O)c1ccc(Cl)nc1. The Bertz CT molecular complexity index is 1440. The van der Waals surface area contributed by atoms with Gasteiger partial charge in [0, 0.05) is 43.2 Å². The van der Waals surface area contributed by atoms with Crippen molar-refractivity contribution in [2.45, 2.75) is 62.4 Å². The lowest BCUT2D eigenvalue weighted by Crippen LogP contribution is -2.44. The van der Waals surface area contributed by atoms with Crippen molar-refractivity contribution in [2.24, 2.45) is 0 Å². The number of halogens is 5. The maximum absolute atomic E-state index is 14.7. The van der Waals surface area contributed by atoms with Gasteiger partial charge < -0.3 is 0 Å². The first-order chi connectivity index (χ1) is 17.8. The molecule has 0 saturated carbocycles. The molecule has 4 rings (SSSR count). The van der Waals surface area contributed by atoms with Gasteiger partial charge in [0.15, 0.2) is 5.78 Å². The van der Waals surface area contributed by atoms with E-state index in [-0.39, 0.29) is 34.9 Å². The van der Waals surface area contributed by atoms with Crippen LogP contribution in [0.1, 0.15) is 36.7 Å². The van der Waals surface area contributed by atoms with Gasteiger partial charge >= 0.3 is 6.18 Å². The van der Waals surface area contributed by atoms with Gasteiger partial charge in [0.2, 0.25) is 15.8 Å². The first-order valence-electron chi connectivity index (χ1n) is 11.5. The summed E-state index contributed by atoms with van der Waals surface area (Å²) in [5.74, 6) is -1.73. The van der Waals surface area contributed by atoms with Gasteiger partial charge in [-0.1, -0.05) is 11.6 Å². The number of alkyl halides is 4. The molecule has 3 atom stereocenters. The van der Waals surface area contributed by atoms with E-state index in [1.807, 2.05) is 0 Å². The molecule has 1 aliphatic rings. The van der Waals surface area contributed by atoms with Gasteiger partial charge in [0.25, 0.3) is 0 Å². The number of carbonyl (C=O) groups is 1. The second-order valence-electron chi connectivity index (χ2n) is 8.92. The Kier molecular flexibility index (Phi) is 7.82. The van der Waals surface area contributed by atoms with Crippen LogP contribution in [0.2, 0.25) is 5.15 Å². The number of hydrogen-bond acceptors (Lipinski definition) is 7. The average Bonchev–Trinajstić information content (AvgIpc) is 3.18. The fourth-order valence-corrected chi connectivity index (χ4v) is 6.17. The summed E-state index contributed by atoms with van der Waals surface area (Å²) in [4.78, 5) is 27.7. The summed E-state index contributed by atoms with van der Waals surface area (Å²) in [7, 11) is -4.23. The molecule has 14 heteroatoms. The number of rotatable bonds is 7. The molecule has 38 heavy (non-hydrogen) atoms. The van der Waals surface area contributed by atoms with Crippen LogP contribution in [-0.4, -0.2) is 56.7 Å². The van der Waals surface area contributed by atoms with E-state index in [1.165, 1.54) is 25.3 Å². The van der Waals surface area contributed by atoms with E-state index in [0.29, 0.717) is 16.8 Å². The number of hydrogen-bond donors (Lipinski definition) is 0. The highest BCUT2D eigenvalue weighted by atomic mass is 35.5. The minimum Gasteiger partial charge on any atom is -0.298 e. The van der Waals surface area contributed by atoms with Crippen molar-refractivity contribution in [1.82, 2.24) is 24.2 Å². The largest absolute Gasteiger partial charge is 0.451 e. The van der Waals surface area contributed by atoms with Gasteiger partial charge in [0.05, 0.1) is 17.8 Å². The Morgan fingerprint density at radius 3 is 2.39 bits per heavy atom. The van der Waals surface area contributed by atoms with E-state index < -0.39 is 46.1 Å². The van der Waals surface area contributed by atoms with Crippen molar-refractivity contribution >= 4 is 27.4 Å². The van der Waals surface area contributed by atoms with E-state index in [1.54, 1.807) is 13.0 Å². The van der Waals surface area contributed by atoms with Crippen LogP contribution in [0.15, 0.2) is 47.9 Å².